The second-order valence-electron chi connectivity index (χ2n) is 7.98. The van der Waals surface area contributed by atoms with E-state index >= 15 is 0 Å². The van der Waals surface area contributed by atoms with Gasteiger partial charge >= 0.3 is 6.09 Å². The van der Waals surface area contributed by atoms with Crippen molar-refractivity contribution < 1.29 is 13.9 Å². The van der Waals surface area contributed by atoms with Crippen LogP contribution in [0.15, 0.2) is 22.7 Å². The van der Waals surface area contributed by atoms with E-state index in [4.69, 9.17) is 10.5 Å². The van der Waals surface area contributed by atoms with Gasteiger partial charge in [-0.25, -0.2) is 9.18 Å². The van der Waals surface area contributed by atoms with Crippen molar-refractivity contribution in [1.29, 1.82) is 0 Å². The number of nitrogens with two attached hydrogens (primary N) is 1. The molecule has 1 spiro atoms. The summed E-state index contributed by atoms with van der Waals surface area (Å²) in [6, 6.07) is 4.82. The third kappa shape index (κ3) is 3.31. The van der Waals surface area contributed by atoms with Crippen LogP contribution < -0.4 is 5.73 Å². The number of carbonyl (C=O) groups excluding carboxylic acids is 1. The Hall–Kier alpha value is -1.14. The van der Waals surface area contributed by atoms with Crippen LogP contribution in [0.1, 0.15) is 39.2 Å². The molecule has 1 unspecified atom stereocenters. The molecule has 1 aliphatic carbocycles. The number of ether oxygens (including phenoxy) is 1. The lowest BCUT2D eigenvalue weighted by Gasteiger charge is -2.30. The number of halogens is 2. The first kappa shape index (κ1) is 17.7. The van der Waals surface area contributed by atoms with Crippen molar-refractivity contribution in [2.45, 2.75) is 57.7 Å². The molecule has 132 valence electrons. The first-order chi connectivity index (χ1) is 11.1. The Balaban J connectivity index is 1.85. The number of benzene rings is 1. The summed E-state index contributed by atoms with van der Waals surface area (Å²) in [6.07, 6.45) is 2.07. The molecule has 3 rings (SSSR count). The summed E-state index contributed by atoms with van der Waals surface area (Å²) in [6.45, 7) is 6.13. The maximum absolute atomic E-state index is 14.4. The Morgan fingerprint density at radius 3 is 2.71 bits per heavy atom. The van der Waals surface area contributed by atoms with Crippen molar-refractivity contribution in [3.8, 4) is 0 Å². The lowest BCUT2D eigenvalue weighted by atomic mass is 9.92. The average Bonchev–Trinajstić information content (AvgIpc) is 3.20. The molecule has 24 heavy (non-hydrogen) atoms. The van der Waals surface area contributed by atoms with Crippen LogP contribution in [0.4, 0.5) is 9.18 Å². The van der Waals surface area contributed by atoms with Crippen molar-refractivity contribution >= 4 is 22.0 Å². The molecule has 0 radical (unpaired) electrons. The fourth-order valence-electron chi connectivity index (χ4n) is 3.50. The Morgan fingerprint density at radius 2 is 2.12 bits per heavy atom. The summed E-state index contributed by atoms with van der Waals surface area (Å²) in [5.74, 6) is -0.286. The zero-order valence-electron chi connectivity index (χ0n) is 14.3. The number of likely N-dealkylation sites (tertiary alicyclic amines) is 1. The topological polar surface area (TPSA) is 55.6 Å². The van der Waals surface area contributed by atoms with Crippen molar-refractivity contribution in [3.63, 3.8) is 0 Å². The summed E-state index contributed by atoms with van der Waals surface area (Å²) in [4.78, 5) is 14.3. The Morgan fingerprint density at radius 1 is 1.46 bits per heavy atom. The van der Waals surface area contributed by atoms with Crippen LogP contribution >= 0.6 is 15.9 Å². The van der Waals surface area contributed by atoms with Gasteiger partial charge in [-0.05, 0) is 67.6 Å². The molecule has 0 aromatic heterocycles. The maximum Gasteiger partial charge on any atom is 0.410 e. The van der Waals surface area contributed by atoms with Crippen LogP contribution in [0.2, 0.25) is 0 Å². The molecule has 2 fully saturated rings. The summed E-state index contributed by atoms with van der Waals surface area (Å²) in [5, 5.41) is 0. The van der Waals surface area contributed by atoms with Gasteiger partial charge in [0.25, 0.3) is 0 Å². The second kappa shape index (κ2) is 5.99. The number of nitrogens with zero attached hydrogens (tertiary/aromatic N) is 1. The van der Waals surface area contributed by atoms with Crippen LogP contribution in [0.5, 0.6) is 0 Å². The lowest BCUT2D eigenvalue weighted by molar-refractivity contribution is 0.0215. The van der Waals surface area contributed by atoms with E-state index in [0.29, 0.717) is 23.0 Å². The zero-order valence-corrected chi connectivity index (χ0v) is 15.9. The quantitative estimate of drug-likeness (QED) is 0.822. The number of amides is 1. The lowest BCUT2D eigenvalue weighted by Crippen LogP contribution is -2.46. The van der Waals surface area contributed by atoms with Gasteiger partial charge in [0.05, 0.1) is 10.5 Å². The minimum absolute atomic E-state index is 0.00986. The minimum Gasteiger partial charge on any atom is -0.444 e. The van der Waals surface area contributed by atoms with Crippen molar-refractivity contribution in [3.05, 3.63) is 34.1 Å². The molecule has 1 aromatic rings. The third-order valence-electron chi connectivity index (χ3n) is 4.99. The highest BCUT2D eigenvalue weighted by Crippen LogP contribution is 2.54. The van der Waals surface area contributed by atoms with Gasteiger partial charge < -0.3 is 15.4 Å². The van der Waals surface area contributed by atoms with Gasteiger partial charge in [-0.15, -0.1) is 0 Å². The smallest absolute Gasteiger partial charge is 0.410 e. The largest absolute Gasteiger partial charge is 0.444 e. The summed E-state index contributed by atoms with van der Waals surface area (Å²) in [5.41, 5.74) is 6.46. The highest BCUT2D eigenvalue weighted by Gasteiger charge is 2.59. The molecule has 2 N–H and O–H groups in total. The zero-order chi connectivity index (χ0) is 17.7. The monoisotopic (exact) mass is 398 g/mol. The molecule has 6 heteroatoms. The van der Waals surface area contributed by atoms with Gasteiger partial charge in [0.2, 0.25) is 0 Å². The van der Waals surface area contributed by atoms with E-state index in [-0.39, 0.29) is 29.4 Å². The molecule has 2 aliphatic rings. The van der Waals surface area contributed by atoms with Gasteiger partial charge in [0, 0.05) is 18.0 Å². The van der Waals surface area contributed by atoms with Gasteiger partial charge in [0.15, 0.2) is 0 Å². The Kier molecular flexibility index (Phi) is 4.41. The standard InChI is InChI=1S/C18H24BrFN2O2/c1-17(2,3)24-16(23)22-10-18(7-8-18)15(21)13(22)9-11-5-4-6-12(19)14(11)20/h4-6,13,15H,7-10,21H2,1-3H3/t13?,15-/m1/s1. The minimum atomic E-state index is -0.563. The van der Waals surface area contributed by atoms with Crippen molar-refractivity contribution in [2.75, 3.05) is 6.54 Å². The summed E-state index contributed by atoms with van der Waals surface area (Å²) in [7, 11) is 0. The fraction of sp³-hybridized carbons (Fsp3) is 0.611. The van der Waals surface area contributed by atoms with E-state index in [2.05, 4.69) is 15.9 Å². The molecule has 1 aromatic carbocycles. The maximum atomic E-state index is 14.4. The number of rotatable bonds is 2. The SMILES string of the molecule is CC(C)(C)OC(=O)N1CC2(CC2)[C@H](N)C1Cc1cccc(Br)c1F. The van der Waals surface area contributed by atoms with E-state index in [1.807, 2.05) is 20.8 Å². The summed E-state index contributed by atoms with van der Waals surface area (Å²) >= 11 is 3.22. The second-order valence-corrected chi connectivity index (χ2v) is 8.84. The molecule has 4 nitrogen and oxygen atoms in total. The van der Waals surface area contributed by atoms with Crippen molar-refractivity contribution in [2.24, 2.45) is 11.1 Å². The number of carbonyl (C=O) groups is 1. The first-order valence-electron chi connectivity index (χ1n) is 8.31. The van der Waals surface area contributed by atoms with E-state index < -0.39 is 5.60 Å². The first-order valence-corrected chi connectivity index (χ1v) is 9.10. The van der Waals surface area contributed by atoms with E-state index in [1.54, 1.807) is 23.1 Å². The molecule has 1 saturated heterocycles. The molecule has 1 aliphatic heterocycles. The average molecular weight is 399 g/mol. The highest BCUT2D eigenvalue weighted by atomic mass is 79.9. The van der Waals surface area contributed by atoms with Crippen LogP contribution in [0, 0.1) is 11.2 Å². The van der Waals surface area contributed by atoms with Gasteiger partial charge in [0.1, 0.15) is 11.4 Å². The van der Waals surface area contributed by atoms with Crippen LogP contribution in [-0.4, -0.2) is 35.2 Å². The molecule has 2 atom stereocenters. The third-order valence-corrected chi connectivity index (χ3v) is 5.60. The van der Waals surface area contributed by atoms with E-state index in [1.165, 1.54) is 0 Å². The Labute approximate surface area is 150 Å². The normalized spacial score (nSPS) is 25.2. The number of hydrogen-bond donors (Lipinski definition) is 1. The summed E-state index contributed by atoms with van der Waals surface area (Å²) < 4.78 is 20.3. The van der Waals surface area contributed by atoms with Crippen molar-refractivity contribution in [1.82, 2.24) is 4.90 Å². The van der Waals surface area contributed by atoms with E-state index in [0.717, 1.165) is 12.8 Å². The molecule has 0 bridgehead atoms. The predicted molar refractivity (Wildman–Crippen MR) is 94.2 cm³/mol. The molecular weight excluding hydrogens is 375 g/mol. The van der Waals surface area contributed by atoms with Crippen LogP contribution in [-0.2, 0) is 11.2 Å². The fourth-order valence-corrected chi connectivity index (χ4v) is 3.91. The molecule has 1 heterocycles. The Bertz CT molecular complexity index is 655. The van der Waals surface area contributed by atoms with Gasteiger partial charge in [-0.1, -0.05) is 12.1 Å². The number of hydrogen-bond acceptors (Lipinski definition) is 3. The molecule has 1 amide bonds. The van der Waals surface area contributed by atoms with Crippen LogP contribution in [0.3, 0.4) is 0 Å². The highest BCUT2D eigenvalue weighted by molar-refractivity contribution is 9.10. The van der Waals surface area contributed by atoms with Gasteiger partial charge in [-0.2, -0.15) is 0 Å². The molecular formula is C18H24BrFN2O2. The molecule has 1 saturated carbocycles. The van der Waals surface area contributed by atoms with Crippen LogP contribution in [0.25, 0.3) is 0 Å². The predicted octanol–water partition coefficient (Wildman–Crippen LogP) is 3.86. The van der Waals surface area contributed by atoms with Gasteiger partial charge in [-0.3, -0.25) is 0 Å². The van der Waals surface area contributed by atoms with E-state index in [9.17, 15) is 9.18 Å².